The Bertz CT molecular complexity index is 693. The molecule has 0 amide bonds. The van der Waals surface area contributed by atoms with E-state index in [1.807, 2.05) is 27.7 Å². The Hall–Kier alpha value is -2.28. The lowest BCUT2D eigenvalue weighted by Crippen LogP contribution is -2.16. The van der Waals surface area contributed by atoms with Crippen LogP contribution in [0.2, 0.25) is 0 Å². The monoisotopic (exact) mass is 349 g/mol. The fourth-order valence-electron chi connectivity index (χ4n) is 2.88. The van der Waals surface area contributed by atoms with E-state index < -0.39 is 0 Å². The number of dihydropyridines is 1. The summed E-state index contributed by atoms with van der Waals surface area (Å²) >= 11 is 0. The predicted molar refractivity (Wildman–Crippen MR) is 118 cm³/mol. The van der Waals surface area contributed by atoms with Crippen molar-refractivity contribution in [3.8, 4) is 11.1 Å². The average molecular weight is 350 g/mol. The van der Waals surface area contributed by atoms with Crippen LogP contribution in [0.15, 0.2) is 72.3 Å². The first-order valence-electron chi connectivity index (χ1n) is 10.0. The molecule has 140 valence electrons. The molecule has 0 saturated carbocycles. The molecule has 1 nitrogen and oxygen atoms in total. The summed E-state index contributed by atoms with van der Waals surface area (Å²) in [5, 5.41) is 3.50. The minimum absolute atomic E-state index is 0.692. The second kappa shape index (κ2) is 12.1. The molecule has 1 heterocycles. The van der Waals surface area contributed by atoms with E-state index in [-0.39, 0.29) is 0 Å². The molecule has 0 radical (unpaired) electrons. The van der Waals surface area contributed by atoms with Crippen LogP contribution in [0.4, 0.5) is 0 Å². The first kappa shape index (κ1) is 21.8. The van der Waals surface area contributed by atoms with E-state index in [4.69, 9.17) is 0 Å². The summed E-state index contributed by atoms with van der Waals surface area (Å²) in [7, 11) is 0. The lowest BCUT2D eigenvalue weighted by molar-refractivity contribution is 0.646. The third-order valence-corrected chi connectivity index (χ3v) is 3.91. The van der Waals surface area contributed by atoms with Crippen LogP contribution in [0.3, 0.4) is 0 Å². The van der Waals surface area contributed by atoms with Crippen LogP contribution in [0, 0.1) is 5.92 Å². The predicted octanol–water partition coefficient (Wildman–Crippen LogP) is 7.32. The molecule has 0 spiro atoms. The lowest BCUT2D eigenvalue weighted by Gasteiger charge is -2.18. The van der Waals surface area contributed by atoms with E-state index in [2.05, 4.69) is 85.9 Å². The average Bonchev–Trinajstić information content (AvgIpc) is 2.71. The Morgan fingerprint density at radius 2 is 1.42 bits per heavy atom. The fourth-order valence-corrected chi connectivity index (χ4v) is 2.88. The van der Waals surface area contributed by atoms with Crippen molar-refractivity contribution in [3.05, 3.63) is 77.9 Å². The first-order valence-corrected chi connectivity index (χ1v) is 10.0. The summed E-state index contributed by atoms with van der Waals surface area (Å²) in [6, 6.07) is 19.3. The van der Waals surface area contributed by atoms with E-state index in [0.717, 1.165) is 13.0 Å². The normalized spacial score (nSPS) is 12.6. The molecule has 1 aliphatic heterocycles. The molecular weight excluding hydrogens is 314 g/mol. The molecule has 1 aliphatic rings. The Kier molecular flexibility index (Phi) is 10.2. The molecule has 3 rings (SSSR count). The van der Waals surface area contributed by atoms with Gasteiger partial charge < -0.3 is 5.32 Å². The minimum atomic E-state index is 0.692. The highest BCUT2D eigenvalue weighted by Crippen LogP contribution is 2.25. The largest absolute Gasteiger partial charge is 0.381 e. The van der Waals surface area contributed by atoms with Gasteiger partial charge in [-0.3, -0.25) is 0 Å². The van der Waals surface area contributed by atoms with Gasteiger partial charge in [0.1, 0.15) is 0 Å². The summed E-state index contributed by atoms with van der Waals surface area (Å²) in [6.45, 7) is 13.5. The highest BCUT2D eigenvalue weighted by atomic mass is 14.9. The molecule has 0 atom stereocenters. The van der Waals surface area contributed by atoms with Gasteiger partial charge in [0.25, 0.3) is 0 Å². The van der Waals surface area contributed by atoms with Gasteiger partial charge in [0.15, 0.2) is 0 Å². The first-order chi connectivity index (χ1) is 12.7. The van der Waals surface area contributed by atoms with Crippen LogP contribution in [-0.2, 0) is 0 Å². The molecule has 0 fully saturated rings. The van der Waals surface area contributed by atoms with Crippen molar-refractivity contribution in [1.29, 1.82) is 0 Å². The van der Waals surface area contributed by atoms with Crippen LogP contribution in [0.5, 0.6) is 0 Å². The van der Waals surface area contributed by atoms with Crippen molar-refractivity contribution in [2.24, 2.45) is 5.92 Å². The summed E-state index contributed by atoms with van der Waals surface area (Å²) < 4.78 is 0. The third kappa shape index (κ3) is 6.55. The van der Waals surface area contributed by atoms with Crippen LogP contribution in [-0.4, -0.2) is 6.54 Å². The molecule has 0 unspecified atom stereocenters. The molecule has 0 saturated heterocycles. The van der Waals surface area contributed by atoms with Gasteiger partial charge in [0, 0.05) is 12.2 Å². The zero-order chi connectivity index (χ0) is 19.4. The highest BCUT2D eigenvalue weighted by Gasteiger charge is 2.09. The van der Waals surface area contributed by atoms with E-state index in [1.54, 1.807) is 0 Å². The van der Waals surface area contributed by atoms with Crippen LogP contribution in [0.1, 0.15) is 53.5 Å². The molecule has 1 N–H and O–H groups in total. The van der Waals surface area contributed by atoms with Crippen LogP contribution in [0.25, 0.3) is 16.8 Å². The van der Waals surface area contributed by atoms with Gasteiger partial charge in [-0.15, -0.1) is 0 Å². The highest BCUT2D eigenvalue weighted by molar-refractivity contribution is 5.73. The zero-order valence-corrected chi connectivity index (χ0v) is 17.3. The van der Waals surface area contributed by atoms with Crippen molar-refractivity contribution in [2.75, 3.05) is 6.54 Å². The van der Waals surface area contributed by atoms with Crippen molar-refractivity contribution in [2.45, 2.75) is 48.0 Å². The van der Waals surface area contributed by atoms with Gasteiger partial charge in [-0.05, 0) is 46.7 Å². The van der Waals surface area contributed by atoms with Gasteiger partial charge in [0.05, 0.1) is 0 Å². The smallest absolute Gasteiger partial charge is 0.0419 e. The molecule has 2 aromatic carbocycles. The number of allylic oxidation sites excluding steroid dienone is 2. The van der Waals surface area contributed by atoms with Crippen LogP contribution < -0.4 is 5.32 Å². The van der Waals surface area contributed by atoms with E-state index in [9.17, 15) is 0 Å². The Morgan fingerprint density at radius 1 is 0.808 bits per heavy atom. The van der Waals surface area contributed by atoms with Crippen molar-refractivity contribution in [3.63, 3.8) is 0 Å². The molecule has 0 aliphatic carbocycles. The Labute approximate surface area is 160 Å². The number of benzene rings is 2. The van der Waals surface area contributed by atoms with E-state index in [1.165, 1.54) is 28.0 Å². The van der Waals surface area contributed by atoms with Crippen molar-refractivity contribution in [1.82, 2.24) is 5.32 Å². The van der Waals surface area contributed by atoms with E-state index >= 15 is 0 Å². The maximum Gasteiger partial charge on any atom is 0.0419 e. The number of rotatable bonds is 4. The quantitative estimate of drug-likeness (QED) is 0.609. The minimum Gasteiger partial charge on any atom is -0.381 e. The summed E-state index contributed by atoms with van der Waals surface area (Å²) in [5.41, 5.74) is 6.46. The molecule has 0 bridgehead atoms. The van der Waals surface area contributed by atoms with Gasteiger partial charge in [-0.1, -0.05) is 96.1 Å². The van der Waals surface area contributed by atoms with Crippen LogP contribution >= 0.6 is 0 Å². The maximum atomic E-state index is 3.50. The van der Waals surface area contributed by atoms with Gasteiger partial charge in [-0.25, -0.2) is 0 Å². The second-order valence-electron chi connectivity index (χ2n) is 6.26. The molecule has 1 heteroatoms. The fraction of sp³-hybridized carbons (Fsp3) is 0.360. The van der Waals surface area contributed by atoms with Gasteiger partial charge in [-0.2, -0.15) is 0 Å². The number of hydrogen-bond donors (Lipinski definition) is 1. The van der Waals surface area contributed by atoms with E-state index in [0.29, 0.717) is 5.92 Å². The molecule has 0 aromatic heterocycles. The Balaban J connectivity index is 0.000000791. The van der Waals surface area contributed by atoms with Crippen molar-refractivity contribution >= 4 is 5.70 Å². The summed E-state index contributed by atoms with van der Waals surface area (Å²) in [5.74, 6) is 0.692. The topological polar surface area (TPSA) is 12.0 Å². The lowest BCUT2D eigenvalue weighted by atomic mass is 9.96. The summed E-state index contributed by atoms with van der Waals surface area (Å²) in [4.78, 5) is 0. The maximum absolute atomic E-state index is 3.50. The third-order valence-electron chi connectivity index (χ3n) is 3.91. The summed E-state index contributed by atoms with van der Waals surface area (Å²) in [6.07, 6.45) is 5.74. The van der Waals surface area contributed by atoms with Gasteiger partial charge in [0.2, 0.25) is 0 Å². The molecule has 26 heavy (non-hydrogen) atoms. The second-order valence-corrected chi connectivity index (χ2v) is 6.26. The number of hydrogen-bond acceptors (Lipinski definition) is 1. The standard InChI is InChI=1S/C21H23N.2C2H6/c1-16(2)13-17-11-12-22-21(14-17)20-10-6-9-19(15-20)18-7-4-3-5-8-18;2*1-2/h3-11,14-16,22H,12-13H2,1-2H3;2*1-2H3. The number of nitrogens with one attached hydrogen (secondary N) is 1. The SMILES string of the molecule is CC.CC.CC(C)CC1=CCNC(c2cccc(-c3ccccc3)c2)=C1. The molecule has 2 aromatic rings. The van der Waals surface area contributed by atoms with Crippen molar-refractivity contribution < 1.29 is 0 Å². The Morgan fingerprint density at radius 3 is 2.08 bits per heavy atom. The molecular formula is C25H35N. The van der Waals surface area contributed by atoms with Gasteiger partial charge >= 0.3 is 0 Å². The zero-order valence-electron chi connectivity index (χ0n) is 17.3.